The van der Waals surface area contributed by atoms with Gasteiger partial charge in [-0.25, -0.2) is 8.78 Å². The van der Waals surface area contributed by atoms with Crippen molar-refractivity contribution in [1.82, 2.24) is 4.90 Å². The van der Waals surface area contributed by atoms with Gasteiger partial charge in [0, 0.05) is 18.7 Å². The molecule has 0 spiro atoms. The summed E-state index contributed by atoms with van der Waals surface area (Å²) in [5.41, 5.74) is -0.158. The van der Waals surface area contributed by atoms with Crippen LogP contribution in [0.1, 0.15) is 34.3 Å². The Kier molecular flexibility index (Phi) is 5.98. The Balaban J connectivity index is 1.59. The topological polar surface area (TPSA) is 29.5 Å². The van der Waals surface area contributed by atoms with Gasteiger partial charge in [0.25, 0.3) is 5.91 Å². The van der Waals surface area contributed by atoms with Crippen molar-refractivity contribution in [3.05, 3.63) is 70.8 Å². The smallest absolute Gasteiger partial charge is 0.372 e. The number of carbonyl (C=O) groups excluding carboxylic acids is 1. The number of halogens is 5. The van der Waals surface area contributed by atoms with Crippen LogP contribution in [0.3, 0.4) is 0 Å². The third kappa shape index (κ3) is 4.86. The number of ether oxygens (including phenoxy) is 1. The third-order valence-electron chi connectivity index (χ3n) is 4.59. The minimum absolute atomic E-state index is 0.0736. The van der Waals surface area contributed by atoms with E-state index in [1.807, 2.05) is 0 Å². The molecule has 1 aliphatic rings. The zero-order valence-corrected chi connectivity index (χ0v) is 14.8. The Morgan fingerprint density at radius 3 is 2.43 bits per heavy atom. The quantitative estimate of drug-likeness (QED) is 0.691. The van der Waals surface area contributed by atoms with Crippen molar-refractivity contribution in [2.75, 3.05) is 13.1 Å². The molecule has 8 heteroatoms. The Hall–Kier alpha value is -2.48. The highest BCUT2D eigenvalue weighted by atomic mass is 19.4. The molecular formula is C20H18F5NO2. The fourth-order valence-corrected chi connectivity index (χ4v) is 3.09. The van der Waals surface area contributed by atoms with E-state index < -0.39 is 23.4 Å². The molecule has 0 saturated carbocycles. The van der Waals surface area contributed by atoms with Crippen LogP contribution in [0.5, 0.6) is 0 Å². The number of hydrogen-bond donors (Lipinski definition) is 0. The van der Waals surface area contributed by atoms with Gasteiger partial charge in [-0.1, -0.05) is 6.07 Å². The first-order valence-corrected chi connectivity index (χ1v) is 8.76. The fourth-order valence-electron chi connectivity index (χ4n) is 3.09. The van der Waals surface area contributed by atoms with Gasteiger partial charge in [-0.05, 0) is 54.8 Å². The molecule has 28 heavy (non-hydrogen) atoms. The molecule has 1 amide bonds. The van der Waals surface area contributed by atoms with E-state index in [0.29, 0.717) is 24.9 Å². The van der Waals surface area contributed by atoms with Crippen molar-refractivity contribution < 1.29 is 31.5 Å². The number of alkyl halides is 3. The van der Waals surface area contributed by atoms with Crippen LogP contribution < -0.4 is 0 Å². The predicted octanol–water partition coefficient (Wildman–Crippen LogP) is 4.81. The lowest BCUT2D eigenvalue weighted by Crippen LogP contribution is -2.43. The number of piperidine rings is 1. The second-order valence-electron chi connectivity index (χ2n) is 6.65. The summed E-state index contributed by atoms with van der Waals surface area (Å²) >= 11 is 0. The van der Waals surface area contributed by atoms with Crippen LogP contribution in [0, 0.1) is 11.6 Å². The van der Waals surface area contributed by atoms with Gasteiger partial charge in [0.1, 0.15) is 0 Å². The van der Waals surface area contributed by atoms with Gasteiger partial charge < -0.3 is 9.64 Å². The minimum Gasteiger partial charge on any atom is -0.372 e. The van der Waals surface area contributed by atoms with E-state index in [2.05, 4.69) is 0 Å². The number of likely N-dealkylation sites (tertiary alicyclic amines) is 1. The summed E-state index contributed by atoms with van der Waals surface area (Å²) < 4.78 is 69.9. The summed E-state index contributed by atoms with van der Waals surface area (Å²) in [4.78, 5) is 14.1. The number of amides is 1. The molecule has 0 aromatic heterocycles. The molecule has 0 radical (unpaired) electrons. The second kappa shape index (κ2) is 8.26. The lowest BCUT2D eigenvalue weighted by Gasteiger charge is -2.32. The molecule has 1 saturated heterocycles. The molecule has 0 aliphatic carbocycles. The second-order valence-corrected chi connectivity index (χ2v) is 6.65. The Labute approximate surface area is 158 Å². The van der Waals surface area contributed by atoms with E-state index in [1.165, 1.54) is 11.0 Å². The summed E-state index contributed by atoms with van der Waals surface area (Å²) in [6.45, 7) is 0.832. The molecular weight excluding hydrogens is 381 g/mol. The van der Waals surface area contributed by atoms with Crippen molar-refractivity contribution in [3.63, 3.8) is 0 Å². The van der Waals surface area contributed by atoms with E-state index in [9.17, 15) is 26.7 Å². The Bertz CT molecular complexity index is 835. The van der Waals surface area contributed by atoms with Gasteiger partial charge in [0.2, 0.25) is 0 Å². The monoisotopic (exact) mass is 399 g/mol. The lowest BCUT2D eigenvalue weighted by molar-refractivity contribution is -0.137. The maximum absolute atomic E-state index is 13.2. The van der Waals surface area contributed by atoms with Crippen LogP contribution in [0.4, 0.5) is 22.0 Å². The van der Waals surface area contributed by atoms with Crippen LogP contribution in [-0.2, 0) is 17.5 Å². The molecule has 1 fully saturated rings. The Morgan fingerprint density at radius 1 is 1.07 bits per heavy atom. The lowest BCUT2D eigenvalue weighted by atomic mass is 10.1. The molecule has 0 bridgehead atoms. The molecule has 1 unspecified atom stereocenters. The predicted molar refractivity (Wildman–Crippen MR) is 91.5 cm³/mol. The summed E-state index contributed by atoms with van der Waals surface area (Å²) in [5.74, 6) is -2.26. The molecule has 2 aromatic rings. The van der Waals surface area contributed by atoms with Gasteiger partial charge in [0.05, 0.1) is 18.3 Å². The van der Waals surface area contributed by atoms with Crippen molar-refractivity contribution in [2.24, 2.45) is 0 Å². The SMILES string of the molecule is O=C(c1ccc(C(F)(F)F)cc1)N1CCCC(OCc2ccc(F)c(F)c2)C1. The van der Waals surface area contributed by atoms with Crippen molar-refractivity contribution in [3.8, 4) is 0 Å². The average Bonchev–Trinajstić information content (AvgIpc) is 2.68. The molecule has 0 N–H and O–H groups in total. The average molecular weight is 399 g/mol. The summed E-state index contributed by atoms with van der Waals surface area (Å²) in [6.07, 6.45) is -3.37. The first kappa shape index (κ1) is 20.3. The maximum atomic E-state index is 13.2. The number of benzene rings is 2. The van der Waals surface area contributed by atoms with Gasteiger partial charge in [-0.3, -0.25) is 4.79 Å². The van der Waals surface area contributed by atoms with Crippen molar-refractivity contribution in [1.29, 1.82) is 0 Å². The molecule has 150 valence electrons. The van der Waals surface area contributed by atoms with Crippen LogP contribution >= 0.6 is 0 Å². The third-order valence-corrected chi connectivity index (χ3v) is 4.59. The van der Waals surface area contributed by atoms with E-state index in [-0.39, 0.29) is 30.7 Å². The highest BCUT2D eigenvalue weighted by molar-refractivity contribution is 5.94. The standard InChI is InChI=1S/C20H18F5NO2/c21-17-8-3-13(10-18(17)22)12-28-16-2-1-9-26(11-16)19(27)14-4-6-15(7-5-14)20(23,24)25/h3-8,10,16H,1-2,9,11-12H2. The normalized spacial score (nSPS) is 17.6. The number of nitrogens with zero attached hydrogens (tertiary/aromatic N) is 1. The summed E-state index contributed by atoms with van der Waals surface area (Å²) in [5, 5.41) is 0. The number of hydrogen-bond acceptors (Lipinski definition) is 2. The van der Waals surface area contributed by atoms with Gasteiger partial charge in [0.15, 0.2) is 11.6 Å². The highest BCUT2D eigenvalue weighted by Crippen LogP contribution is 2.29. The highest BCUT2D eigenvalue weighted by Gasteiger charge is 2.31. The molecule has 2 aromatic carbocycles. The largest absolute Gasteiger partial charge is 0.416 e. The first-order valence-electron chi connectivity index (χ1n) is 8.76. The summed E-state index contributed by atoms with van der Waals surface area (Å²) in [7, 11) is 0. The molecule has 3 rings (SSSR count). The molecule has 1 atom stereocenters. The van der Waals surface area contributed by atoms with Crippen LogP contribution in [0.25, 0.3) is 0 Å². The summed E-state index contributed by atoms with van der Waals surface area (Å²) in [6, 6.07) is 7.60. The van der Waals surface area contributed by atoms with E-state index in [1.54, 1.807) is 0 Å². The van der Waals surface area contributed by atoms with Gasteiger partial charge in [-0.2, -0.15) is 13.2 Å². The van der Waals surface area contributed by atoms with E-state index in [0.717, 1.165) is 36.4 Å². The molecule has 1 aliphatic heterocycles. The number of carbonyl (C=O) groups is 1. The molecule has 1 heterocycles. The fraction of sp³-hybridized carbons (Fsp3) is 0.350. The first-order chi connectivity index (χ1) is 13.2. The molecule has 3 nitrogen and oxygen atoms in total. The Morgan fingerprint density at radius 2 is 1.79 bits per heavy atom. The van der Waals surface area contributed by atoms with Crippen molar-refractivity contribution >= 4 is 5.91 Å². The van der Waals surface area contributed by atoms with E-state index in [4.69, 9.17) is 4.74 Å². The van der Waals surface area contributed by atoms with Crippen molar-refractivity contribution in [2.45, 2.75) is 31.7 Å². The van der Waals surface area contributed by atoms with Gasteiger partial charge >= 0.3 is 6.18 Å². The zero-order valence-electron chi connectivity index (χ0n) is 14.8. The van der Waals surface area contributed by atoms with Crippen LogP contribution in [0.2, 0.25) is 0 Å². The van der Waals surface area contributed by atoms with Crippen LogP contribution in [0.15, 0.2) is 42.5 Å². The van der Waals surface area contributed by atoms with Gasteiger partial charge in [-0.15, -0.1) is 0 Å². The zero-order chi connectivity index (χ0) is 20.3. The number of rotatable bonds is 4. The minimum atomic E-state index is -4.45. The maximum Gasteiger partial charge on any atom is 0.416 e. The van der Waals surface area contributed by atoms with Crippen LogP contribution in [-0.4, -0.2) is 30.0 Å². The van der Waals surface area contributed by atoms with E-state index >= 15 is 0 Å².